The monoisotopic (exact) mass is 874 g/mol. The Bertz CT molecular complexity index is 990. The van der Waals surface area contributed by atoms with Gasteiger partial charge in [0.15, 0.2) is 6.10 Å². The lowest BCUT2D eigenvalue weighted by molar-refractivity contribution is -0.870. The Labute approximate surface area is 372 Å². The van der Waals surface area contributed by atoms with Crippen LogP contribution in [0.5, 0.6) is 0 Å². The molecule has 10 heteroatoms. The molecule has 358 valence electrons. The van der Waals surface area contributed by atoms with Gasteiger partial charge in [-0.15, -0.1) is 0 Å². The molecular formula is C50H100NO8P. The molecule has 0 fully saturated rings. The Morgan fingerprint density at radius 2 is 0.750 bits per heavy atom. The molecule has 0 aromatic rings. The predicted molar refractivity (Wildman–Crippen MR) is 250 cm³/mol. The highest BCUT2D eigenvalue weighted by Crippen LogP contribution is 2.38. The Morgan fingerprint density at radius 1 is 0.450 bits per heavy atom. The van der Waals surface area contributed by atoms with Gasteiger partial charge in [0, 0.05) is 12.8 Å². The third kappa shape index (κ3) is 46.5. The molecule has 60 heavy (non-hydrogen) atoms. The molecule has 0 heterocycles. The predicted octanol–water partition coefficient (Wildman–Crippen LogP) is 14.5. The second-order valence-electron chi connectivity index (χ2n) is 18.9. The van der Waals surface area contributed by atoms with E-state index in [0.717, 1.165) is 32.1 Å². The second kappa shape index (κ2) is 43.3. The topological polar surface area (TPSA) is 111 Å². The van der Waals surface area contributed by atoms with E-state index in [4.69, 9.17) is 18.5 Å². The molecule has 0 bridgehead atoms. The number of hydrogen-bond donors (Lipinski definition) is 0. The fourth-order valence-electron chi connectivity index (χ4n) is 7.60. The zero-order valence-electron chi connectivity index (χ0n) is 40.4. The van der Waals surface area contributed by atoms with Crippen molar-refractivity contribution in [2.45, 2.75) is 264 Å². The van der Waals surface area contributed by atoms with Crippen molar-refractivity contribution in [2.75, 3.05) is 47.5 Å². The van der Waals surface area contributed by atoms with Crippen molar-refractivity contribution in [3.8, 4) is 0 Å². The summed E-state index contributed by atoms with van der Waals surface area (Å²) in [5.41, 5.74) is 0. The zero-order chi connectivity index (χ0) is 44.3. The van der Waals surface area contributed by atoms with Crippen molar-refractivity contribution in [1.29, 1.82) is 0 Å². The van der Waals surface area contributed by atoms with Crippen molar-refractivity contribution < 1.29 is 42.1 Å². The van der Waals surface area contributed by atoms with Gasteiger partial charge in [0.2, 0.25) is 0 Å². The van der Waals surface area contributed by atoms with Crippen LogP contribution in [0.4, 0.5) is 0 Å². The van der Waals surface area contributed by atoms with Gasteiger partial charge in [0.1, 0.15) is 19.8 Å². The van der Waals surface area contributed by atoms with Crippen LogP contribution in [0, 0.1) is 0 Å². The summed E-state index contributed by atoms with van der Waals surface area (Å²) in [5, 5.41) is 0. The molecule has 0 N–H and O–H groups in total. The maximum Gasteiger partial charge on any atom is 0.306 e. The Balaban J connectivity index is 4.08. The Hall–Kier alpha value is -0.990. The molecule has 0 amide bonds. The molecule has 0 aliphatic heterocycles. The van der Waals surface area contributed by atoms with Crippen LogP contribution >= 0.6 is 7.82 Å². The van der Waals surface area contributed by atoms with Crippen LogP contribution in [0.15, 0.2) is 0 Å². The zero-order valence-corrected chi connectivity index (χ0v) is 41.3. The highest BCUT2D eigenvalue weighted by molar-refractivity contribution is 7.45. The molecule has 0 aliphatic carbocycles. The maximum absolute atomic E-state index is 12.7. The fourth-order valence-corrected chi connectivity index (χ4v) is 8.33. The number of carbonyl (C=O) groups excluding carboxylic acids is 2. The summed E-state index contributed by atoms with van der Waals surface area (Å²) in [6, 6.07) is 0. The molecule has 0 spiro atoms. The lowest BCUT2D eigenvalue weighted by Gasteiger charge is -2.28. The number of phosphoric acid groups is 1. The average Bonchev–Trinajstić information content (AvgIpc) is 3.20. The number of hydrogen-bond acceptors (Lipinski definition) is 8. The summed E-state index contributed by atoms with van der Waals surface area (Å²) >= 11 is 0. The standard InChI is InChI=1S/C50H100NO8P/c1-6-8-10-12-14-16-18-19-20-21-22-23-24-25-26-27-28-29-30-31-33-35-37-39-41-43-50(53)59-48(47-58-60(54,55)57-45-44-51(3,4)5)46-56-49(52)42-40-38-36-34-32-17-15-13-11-9-7-2/h48H,6-47H2,1-5H3. The molecule has 0 radical (unpaired) electrons. The minimum absolute atomic E-state index is 0.0255. The summed E-state index contributed by atoms with van der Waals surface area (Å²) in [6.07, 6.45) is 45.7. The summed E-state index contributed by atoms with van der Waals surface area (Å²) in [6.45, 7) is 4.27. The van der Waals surface area contributed by atoms with E-state index < -0.39 is 26.5 Å². The second-order valence-corrected chi connectivity index (χ2v) is 20.3. The average molecular weight is 874 g/mol. The van der Waals surface area contributed by atoms with E-state index in [0.29, 0.717) is 17.4 Å². The number of rotatable bonds is 48. The lowest BCUT2D eigenvalue weighted by atomic mass is 10.0. The maximum atomic E-state index is 12.7. The van der Waals surface area contributed by atoms with E-state index in [1.165, 1.54) is 193 Å². The molecule has 2 unspecified atom stereocenters. The largest absolute Gasteiger partial charge is 0.756 e. The van der Waals surface area contributed by atoms with Crippen LogP contribution in [-0.2, 0) is 32.7 Å². The van der Waals surface area contributed by atoms with Crippen LogP contribution < -0.4 is 4.89 Å². The number of nitrogens with zero attached hydrogens (tertiary/aromatic N) is 1. The molecule has 0 saturated carbocycles. The van der Waals surface area contributed by atoms with E-state index in [-0.39, 0.29) is 32.0 Å². The number of quaternary nitrogens is 1. The van der Waals surface area contributed by atoms with Gasteiger partial charge in [-0.05, 0) is 12.8 Å². The first-order chi connectivity index (χ1) is 29.0. The molecular weight excluding hydrogens is 774 g/mol. The van der Waals surface area contributed by atoms with E-state index >= 15 is 0 Å². The number of ether oxygens (including phenoxy) is 2. The summed E-state index contributed by atoms with van der Waals surface area (Å²) in [4.78, 5) is 37.6. The van der Waals surface area contributed by atoms with Gasteiger partial charge in [0.25, 0.3) is 7.82 Å². The van der Waals surface area contributed by atoms with Gasteiger partial charge in [-0.2, -0.15) is 0 Å². The highest BCUT2D eigenvalue weighted by atomic mass is 31.2. The van der Waals surface area contributed by atoms with Crippen molar-refractivity contribution in [1.82, 2.24) is 0 Å². The SMILES string of the molecule is CCCCCCCCCCCCCCCCCCCCCCCCCCCC(=O)OC(COC(=O)CCCCCCCCCCCCC)COP(=O)([O-])OCC[N+](C)(C)C. The minimum Gasteiger partial charge on any atom is -0.756 e. The van der Waals surface area contributed by atoms with Crippen LogP contribution in [-0.4, -0.2) is 70.0 Å². The van der Waals surface area contributed by atoms with Crippen molar-refractivity contribution >= 4 is 19.8 Å². The molecule has 2 atom stereocenters. The van der Waals surface area contributed by atoms with Crippen LogP contribution in [0.1, 0.15) is 258 Å². The number of esters is 2. The Kier molecular flexibility index (Phi) is 42.6. The molecule has 0 aliphatic rings. The third-order valence-electron chi connectivity index (χ3n) is 11.6. The van der Waals surface area contributed by atoms with Gasteiger partial charge in [-0.1, -0.05) is 232 Å². The first kappa shape index (κ1) is 59.0. The van der Waals surface area contributed by atoms with E-state index in [9.17, 15) is 19.0 Å². The molecule has 0 saturated heterocycles. The van der Waals surface area contributed by atoms with Gasteiger partial charge in [-0.25, -0.2) is 0 Å². The third-order valence-corrected chi connectivity index (χ3v) is 12.6. The first-order valence-corrected chi connectivity index (χ1v) is 27.2. The number of unbranched alkanes of at least 4 members (excludes halogenated alkanes) is 34. The number of carbonyl (C=O) groups is 2. The van der Waals surface area contributed by atoms with Gasteiger partial charge >= 0.3 is 11.9 Å². The van der Waals surface area contributed by atoms with Crippen molar-refractivity contribution in [2.24, 2.45) is 0 Å². The van der Waals surface area contributed by atoms with Crippen molar-refractivity contribution in [3.63, 3.8) is 0 Å². The van der Waals surface area contributed by atoms with Gasteiger partial charge in [-0.3, -0.25) is 14.2 Å². The minimum atomic E-state index is -4.62. The molecule has 0 aromatic carbocycles. The highest BCUT2D eigenvalue weighted by Gasteiger charge is 2.21. The molecule has 9 nitrogen and oxygen atoms in total. The normalized spacial score (nSPS) is 13.4. The quantitative estimate of drug-likeness (QED) is 0.0257. The van der Waals surface area contributed by atoms with Gasteiger partial charge in [0.05, 0.1) is 27.7 Å². The molecule has 0 rings (SSSR count). The fraction of sp³-hybridized carbons (Fsp3) is 0.960. The first-order valence-electron chi connectivity index (χ1n) is 25.7. The van der Waals surface area contributed by atoms with E-state index in [1.54, 1.807) is 0 Å². The number of likely N-dealkylation sites (N-methyl/N-ethyl adjacent to an activating group) is 1. The molecule has 0 aromatic heterocycles. The van der Waals surface area contributed by atoms with Crippen molar-refractivity contribution in [3.05, 3.63) is 0 Å². The van der Waals surface area contributed by atoms with Crippen LogP contribution in [0.25, 0.3) is 0 Å². The van der Waals surface area contributed by atoms with E-state index in [1.807, 2.05) is 21.1 Å². The lowest BCUT2D eigenvalue weighted by Crippen LogP contribution is -2.37. The summed E-state index contributed by atoms with van der Waals surface area (Å²) in [7, 11) is 1.18. The summed E-state index contributed by atoms with van der Waals surface area (Å²) < 4.78 is 34.0. The van der Waals surface area contributed by atoms with Gasteiger partial charge < -0.3 is 27.9 Å². The smallest absolute Gasteiger partial charge is 0.306 e. The van der Waals surface area contributed by atoms with Crippen LogP contribution in [0.3, 0.4) is 0 Å². The number of phosphoric ester groups is 1. The van der Waals surface area contributed by atoms with Crippen LogP contribution in [0.2, 0.25) is 0 Å². The Morgan fingerprint density at radius 3 is 1.07 bits per heavy atom. The summed E-state index contributed by atoms with van der Waals surface area (Å²) in [5.74, 6) is -0.817. The van der Waals surface area contributed by atoms with E-state index in [2.05, 4.69) is 13.8 Å².